The summed E-state index contributed by atoms with van der Waals surface area (Å²) in [5.41, 5.74) is 8.88. The summed E-state index contributed by atoms with van der Waals surface area (Å²) in [5.74, 6) is -0.264. The van der Waals surface area contributed by atoms with Gasteiger partial charge in [-0.2, -0.15) is 0 Å². The number of nitrogen functional groups attached to an aromatic ring is 1. The summed E-state index contributed by atoms with van der Waals surface area (Å²) in [4.78, 5) is 24.4. The fraction of sp³-hybridized carbons (Fsp3) is 0.385. The molecule has 5 nitrogen and oxygen atoms in total. The second-order valence-corrected chi connectivity index (χ2v) is 4.46. The molecule has 1 aliphatic heterocycles. The minimum Gasteiger partial charge on any atom is -0.398 e. The van der Waals surface area contributed by atoms with Crippen molar-refractivity contribution >= 4 is 17.5 Å². The van der Waals surface area contributed by atoms with Crippen LogP contribution < -0.4 is 11.1 Å². The lowest BCUT2D eigenvalue weighted by molar-refractivity contribution is -0.133. The third-order valence-corrected chi connectivity index (χ3v) is 3.15. The molecule has 0 atom stereocenters. The maximum Gasteiger partial charge on any atom is 0.242 e. The van der Waals surface area contributed by atoms with Gasteiger partial charge in [0.2, 0.25) is 11.8 Å². The van der Waals surface area contributed by atoms with Gasteiger partial charge < -0.3 is 16.0 Å². The third kappa shape index (κ3) is 2.61. The van der Waals surface area contributed by atoms with Crippen molar-refractivity contribution in [2.24, 2.45) is 0 Å². The molecule has 1 aromatic rings. The van der Waals surface area contributed by atoms with Crippen LogP contribution in [0.2, 0.25) is 0 Å². The monoisotopic (exact) mass is 247 g/mol. The van der Waals surface area contributed by atoms with Crippen LogP contribution in [-0.2, 0) is 22.6 Å². The molecule has 2 amide bonds. The van der Waals surface area contributed by atoms with E-state index in [4.69, 9.17) is 5.73 Å². The quantitative estimate of drug-likeness (QED) is 0.738. The molecule has 2 rings (SSSR count). The summed E-state index contributed by atoms with van der Waals surface area (Å²) in [7, 11) is 0. The Hall–Kier alpha value is -2.04. The van der Waals surface area contributed by atoms with E-state index in [2.05, 4.69) is 5.32 Å². The van der Waals surface area contributed by atoms with Gasteiger partial charge in [0.05, 0.1) is 6.54 Å². The van der Waals surface area contributed by atoms with E-state index in [1.807, 2.05) is 18.2 Å². The molecule has 0 aromatic heterocycles. The molecule has 0 unspecified atom stereocenters. The zero-order valence-corrected chi connectivity index (χ0v) is 10.4. The molecule has 1 aliphatic rings. The third-order valence-electron chi connectivity index (χ3n) is 3.15. The normalized spacial score (nSPS) is 13.9. The lowest BCUT2D eigenvalue weighted by atomic mass is 9.98. The first-order valence-electron chi connectivity index (χ1n) is 5.96. The number of hydrogen-bond donors (Lipinski definition) is 2. The van der Waals surface area contributed by atoms with Gasteiger partial charge in [0, 0.05) is 25.7 Å². The molecular formula is C13H17N3O2. The molecule has 0 fully saturated rings. The first-order valence-corrected chi connectivity index (χ1v) is 5.96. The van der Waals surface area contributed by atoms with E-state index in [-0.39, 0.29) is 18.4 Å². The summed E-state index contributed by atoms with van der Waals surface area (Å²) in [6, 6.07) is 5.82. The smallest absolute Gasteiger partial charge is 0.242 e. The van der Waals surface area contributed by atoms with E-state index < -0.39 is 0 Å². The van der Waals surface area contributed by atoms with Gasteiger partial charge in [-0.25, -0.2) is 0 Å². The molecule has 0 aliphatic carbocycles. The van der Waals surface area contributed by atoms with E-state index in [0.29, 0.717) is 13.1 Å². The maximum atomic E-state index is 11.9. The van der Waals surface area contributed by atoms with Crippen molar-refractivity contribution < 1.29 is 9.59 Å². The molecule has 3 N–H and O–H groups in total. The second-order valence-electron chi connectivity index (χ2n) is 4.46. The predicted octanol–water partition coefficient (Wildman–Crippen LogP) is 0.290. The van der Waals surface area contributed by atoms with Crippen LogP contribution in [0.25, 0.3) is 0 Å². The Morgan fingerprint density at radius 3 is 2.94 bits per heavy atom. The largest absolute Gasteiger partial charge is 0.398 e. The van der Waals surface area contributed by atoms with Gasteiger partial charge in [0.25, 0.3) is 0 Å². The zero-order valence-electron chi connectivity index (χ0n) is 10.4. The fourth-order valence-electron chi connectivity index (χ4n) is 2.13. The Kier molecular flexibility index (Phi) is 3.50. The van der Waals surface area contributed by atoms with Crippen LogP contribution in [0.15, 0.2) is 18.2 Å². The van der Waals surface area contributed by atoms with E-state index in [9.17, 15) is 9.59 Å². The first-order chi connectivity index (χ1) is 8.58. The molecule has 0 saturated heterocycles. The highest BCUT2D eigenvalue weighted by molar-refractivity contribution is 5.84. The lowest BCUT2D eigenvalue weighted by Gasteiger charge is -2.29. The Balaban J connectivity index is 2.05. The molecule has 0 bridgehead atoms. The molecule has 96 valence electrons. The minimum atomic E-state index is -0.194. The van der Waals surface area contributed by atoms with Gasteiger partial charge in [-0.1, -0.05) is 12.1 Å². The second kappa shape index (κ2) is 5.08. The van der Waals surface area contributed by atoms with Crippen molar-refractivity contribution in [2.45, 2.75) is 19.9 Å². The van der Waals surface area contributed by atoms with Crippen LogP contribution in [0.1, 0.15) is 18.1 Å². The number of anilines is 1. The van der Waals surface area contributed by atoms with Crippen LogP contribution in [-0.4, -0.2) is 29.8 Å². The average Bonchev–Trinajstić information content (AvgIpc) is 2.36. The van der Waals surface area contributed by atoms with E-state index in [1.165, 1.54) is 12.5 Å². The summed E-state index contributed by atoms with van der Waals surface area (Å²) < 4.78 is 0. The predicted molar refractivity (Wildman–Crippen MR) is 68.7 cm³/mol. The van der Waals surface area contributed by atoms with Crippen LogP contribution in [0, 0.1) is 0 Å². The summed E-state index contributed by atoms with van der Waals surface area (Å²) in [6.07, 6.45) is 0.812. The number of nitrogens with zero attached hydrogens (tertiary/aromatic N) is 1. The number of nitrogens with one attached hydrogen (secondary N) is 1. The molecule has 0 spiro atoms. The van der Waals surface area contributed by atoms with Gasteiger partial charge in [0.15, 0.2) is 0 Å². The van der Waals surface area contributed by atoms with Gasteiger partial charge in [-0.3, -0.25) is 9.59 Å². The van der Waals surface area contributed by atoms with Crippen molar-refractivity contribution in [3.8, 4) is 0 Å². The van der Waals surface area contributed by atoms with Crippen molar-refractivity contribution in [3.63, 3.8) is 0 Å². The number of amides is 2. The van der Waals surface area contributed by atoms with Gasteiger partial charge >= 0.3 is 0 Å². The maximum absolute atomic E-state index is 11.9. The highest BCUT2D eigenvalue weighted by Crippen LogP contribution is 2.24. The van der Waals surface area contributed by atoms with Crippen molar-refractivity contribution in [1.29, 1.82) is 0 Å². The minimum absolute atomic E-state index is 0.0530. The van der Waals surface area contributed by atoms with Crippen LogP contribution in [0.5, 0.6) is 0 Å². The zero-order chi connectivity index (χ0) is 13.1. The van der Waals surface area contributed by atoms with Crippen molar-refractivity contribution in [2.75, 3.05) is 18.8 Å². The van der Waals surface area contributed by atoms with Gasteiger partial charge in [-0.05, 0) is 23.6 Å². The Bertz CT molecular complexity index is 485. The highest BCUT2D eigenvalue weighted by atomic mass is 16.2. The van der Waals surface area contributed by atoms with E-state index in [0.717, 1.165) is 17.7 Å². The Labute approximate surface area is 106 Å². The first kappa shape index (κ1) is 12.4. The Morgan fingerprint density at radius 2 is 2.22 bits per heavy atom. The number of rotatable bonds is 2. The number of benzene rings is 1. The van der Waals surface area contributed by atoms with E-state index >= 15 is 0 Å². The molecule has 0 radical (unpaired) electrons. The summed E-state index contributed by atoms with van der Waals surface area (Å²) in [6.45, 7) is 2.66. The average molecular weight is 247 g/mol. The molecular weight excluding hydrogens is 230 g/mol. The Morgan fingerprint density at radius 1 is 1.44 bits per heavy atom. The molecule has 18 heavy (non-hydrogen) atoms. The topological polar surface area (TPSA) is 75.4 Å². The summed E-state index contributed by atoms with van der Waals surface area (Å²) >= 11 is 0. The molecule has 1 aromatic carbocycles. The summed E-state index contributed by atoms with van der Waals surface area (Å²) in [5, 5.41) is 2.52. The number of hydrogen-bond acceptors (Lipinski definition) is 3. The van der Waals surface area contributed by atoms with Crippen molar-refractivity contribution in [1.82, 2.24) is 10.2 Å². The van der Waals surface area contributed by atoms with Crippen LogP contribution >= 0.6 is 0 Å². The molecule has 5 heteroatoms. The number of carbonyl (C=O) groups is 2. The number of carbonyl (C=O) groups excluding carboxylic acids is 2. The van der Waals surface area contributed by atoms with Crippen LogP contribution in [0.4, 0.5) is 5.69 Å². The molecule has 0 saturated carbocycles. The highest BCUT2D eigenvalue weighted by Gasteiger charge is 2.21. The van der Waals surface area contributed by atoms with Crippen LogP contribution in [0.3, 0.4) is 0 Å². The van der Waals surface area contributed by atoms with E-state index in [1.54, 1.807) is 4.90 Å². The molecule has 1 heterocycles. The number of fused-ring (bicyclic) bond motifs is 1. The SMILES string of the molecule is CC(=O)NCC(=O)N1CCc2cccc(N)c2C1. The lowest BCUT2D eigenvalue weighted by Crippen LogP contribution is -2.42. The van der Waals surface area contributed by atoms with Gasteiger partial charge in [0.1, 0.15) is 0 Å². The van der Waals surface area contributed by atoms with Crippen molar-refractivity contribution in [3.05, 3.63) is 29.3 Å². The number of nitrogens with two attached hydrogens (primary N) is 1. The fourth-order valence-corrected chi connectivity index (χ4v) is 2.13. The van der Waals surface area contributed by atoms with Gasteiger partial charge in [-0.15, -0.1) is 0 Å². The standard InChI is InChI=1S/C13H17N3O2/c1-9(17)15-7-13(18)16-6-5-10-3-2-4-12(14)11(10)8-16/h2-4H,5-8,14H2,1H3,(H,15,17).